The monoisotopic (exact) mass is 433 g/mol. The average Bonchev–Trinajstić information content (AvgIpc) is 2.66. The number of ether oxygens (including phenoxy) is 2. The fourth-order valence-corrected chi connectivity index (χ4v) is 3.85. The Morgan fingerprint density at radius 3 is 2.20 bits per heavy atom. The first-order valence-electron chi connectivity index (χ1n) is 9.70. The van der Waals surface area contributed by atoms with Crippen molar-refractivity contribution in [1.82, 2.24) is 5.32 Å². The van der Waals surface area contributed by atoms with E-state index >= 15 is 0 Å². The lowest BCUT2D eigenvalue weighted by Crippen LogP contribution is -2.41. The second-order valence-electron chi connectivity index (χ2n) is 8.01. The molecule has 0 aliphatic carbocycles. The van der Waals surface area contributed by atoms with Crippen molar-refractivity contribution in [3.63, 3.8) is 0 Å². The lowest BCUT2D eigenvalue weighted by atomic mass is 10.0. The van der Waals surface area contributed by atoms with Crippen molar-refractivity contribution < 1.29 is 22.1 Å². The summed E-state index contributed by atoms with van der Waals surface area (Å²) in [5.74, 6) is 0.307. The van der Waals surface area contributed by atoms with E-state index in [9.17, 15) is 8.42 Å². The average molecular weight is 434 g/mol. The molecule has 0 aliphatic rings. The molecule has 2 aromatic carbocycles. The largest absolute Gasteiger partial charge is 0.474 e. The highest BCUT2D eigenvalue weighted by Crippen LogP contribution is 2.24. The number of hydrogen-bond acceptors (Lipinski definition) is 6. The van der Waals surface area contributed by atoms with Crippen molar-refractivity contribution in [2.45, 2.75) is 50.3 Å². The number of nitrogens with one attached hydrogen (secondary N) is 1. The van der Waals surface area contributed by atoms with Gasteiger partial charge in [0.15, 0.2) is 5.88 Å². The molecule has 7 heteroatoms. The zero-order valence-corrected chi connectivity index (χ0v) is 19.0. The van der Waals surface area contributed by atoms with E-state index in [4.69, 9.17) is 13.7 Å². The van der Waals surface area contributed by atoms with Crippen LogP contribution in [0.1, 0.15) is 38.0 Å². The van der Waals surface area contributed by atoms with E-state index in [2.05, 4.69) is 11.9 Å². The molecule has 0 fully saturated rings. The minimum absolute atomic E-state index is 0.102. The van der Waals surface area contributed by atoms with Gasteiger partial charge in [0.05, 0.1) is 17.5 Å². The maximum absolute atomic E-state index is 12.7. The molecule has 2 rings (SSSR count). The third kappa shape index (κ3) is 7.16. The van der Waals surface area contributed by atoms with Crippen LogP contribution in [0.2, 0.25) is 0 Å². The molecule has 164 valence electrons. The lowest BCUT2D eigenvalue weighted by molar-refractivity contribution is 0.0122. The van der Waals surface area contributed by atoms with Crippen LogP contribution in [-0.4, -0.2) is 33.8 Å². The molecule has 6 nitrogen and oxygen atoms in total. The first kappa shape index (κ1) is 23.9. The Morgan fingerprint density at radius 2 is 1.67 bits per heavy atom. The minimum atomic E-state index is -3.93. The van der Waals surface area contributed by atoms with Crippen molar-refractivity contribution >= 4 is 10.1 Å². The molecule has 0 aliphatic heterocycles. The maximum Gasteiger partial charge on any atom is 0.297 e. The van der Waals surface area contributed by atoms with Crippen LogP contribution in [0.4, 0.5) is 0 Å². The second kappa shape index (κ2) is 10.1. The number of methoxy groups -OCH3 is 1. The molecule has 0 bridgehead atoms. The van der Waals surface area contributed by atoms with Gasteiger partial charge in [0.2, 0.25) is 0 Å². The maximum atomic E-state index is 12.7. The Bertz CT molecular complexity index is 918. The molecule has 30 heavy (non-hydrogen) atoms. The lowest BCUT2D eigenvalue weighted by Gasteiger charge is -2.31. The zero-order chi connectivity index (χ0) is 22.4. The van der Waals surface area contributed by atoms with Gasteiger partial charge in [-0.1, -0.05) is 48.0 Å². The summed E-state index contributed by atoms with van der Waals surface area (Å²) in [7, 11) is -2.37. The number of aryl methyl sites for hydroxylation is 1. The van der Waals surface area contributed by atoms with E-state index in [0.29, 0.717) is 5.88 Å². The Hall–Kier alpha value is -2.35. The summed E-state index contributed by atoms with van der Waals surface area (Å²) in [6, 6.07) is 15.5. The standard InChI is InChI=1S/C23H31NO5S/c1-17-12-14-20(15-13-17)30(25,26)28-16-21(24-18(2)29-23(3,4)5)22(27-6)19-10-8-7-9-11-19/h7-15,21-22,24H,2,16H2,1,3-6H3/t21-,22-/m1/s1. The molecule has 0 saturated carbocycles. The molecular formula is C23H31NO5S. The van der Waals surface area contributed by atoms with E-state index < -0.39 is 27.9 Å². The van der Waals surface area contributed by atoms with Crippen LogP contribution in [0.3, 0.4) is 0 Å². The molecule has 0 aromatic heterocycles. The van der Waals surface area contributed by atoms with Crippen LogP contribution in [-0.2, 0) is 23.8 Å². The fourth-order valence-electron chi connectivity index (χ4n) is 2.92. The van der Waals surface area contributed by atoms with E-state index in [-0.39, 0.29) is 11.5 Å². The van der Waals surface area contributed by atoms with Gasteiger partial charge in [0, 0.05) is 7.11 Å². The van der Waals surface area contributed by atoms with Crippen LogP contribution in [0, 0.1) is 6.92 Å². The summed E-state index contributed by atoms with van der Waals surface area (Å²) in [6.07, 6.45) is -0.486. The summed E-state index contributed by atoms with van der Waals surface area (Å²) in [5, 5.41) is 3.13. The van der Waals surface area contributed by atoms with Gasteiger partial charge in [0.25, 0.3) is 10.1 Å². The van der Waals surface area contributed by atoms with Crippen LogP contribution < -0.4 is 5.32 Å². The van der Waals surface area contributed by atoms with Crippen molar-refractivity contribution in [2.75, 3.05) is 13.7 Å². The SMILES string of the molecule is C=C(N[C@H](COS(=O)(=O)c1ccc(C)cc1)[C@H](OC)c1ccccc1)OC(C)(C)C. The predicted octanol–water partition coefficient (Wildman–Crippen LogP) is 4.33. The minimum Gasteiger partial charge on any atom is -0.474 e. The predicted molar refractivity (Wildman–Crippen MR) is 117 cm³/mol. The third-order valence-electron chi connectivity index (χ3n) is 4.24. The summed E-state index contributed by atoms with van der Waals surface area (Å²) in [4.78, 5) is 0.102. The molecule has 0 radical (unpaired) electrons. The summed E-state index contributed by atoms with van der Waals surface area (Å²) in [5.41, 5.74) is 1.38. The molecule has 0 saturated heterocycles. The third-order valence-corrected chi connectivity index (χ3v) is 5.53. The van der Waals surface area contributed by atoms with Crippen LogP contribution >= 0.6 is 0 Å². The number of rotatable bonds is 10. The molecule has 2 atom stereocenters. The van der Waals surface area contributed by atoms with Gasteiger partial charge in [-0.3, -0.25) is 4.18 Å². The first-order valence-corrected chi connectivity index (χ1v) is 11.1. The normalized spacial score (nSPS) is 14.0. The molecule has 2 aromatic rings. The van der Waals surface area contributed by atoms with Crippen LogP contribution in [0.5, 0.6) is 0 Å². The van der Waals surface area contributed by atoms with Gasteiger partial charge < -0.3 is 14.8 Å². The summed E-state index contributed by atoms with van der Waals surface area (Å²) in [6.45, 7) is 11.3. The molecular weight excluding hydrogens is 402 g/mol. The highest BCUT2D eigenvalue weighted by Gasteiger charge is 2.28. The zero-order valence-electron chi connectivity index (χ0n) is 18.2. The topological polar surface area (TPSA) is 73.9 Å². The van der Waals surface area contributed by atoms with Gasteiger partial charge in [-0.25, -0.2) is 0 Å². The second-order valence-corrected chi connectivity index (χ2v) is 9.62. The van der Waals surface area contributed by atoms with E-state index in [1.165, 1.54) is 12.1 Å². The van der Waals surface area contributed by atoms with Crippen molar-refractivity contribution in [3.8, 4) is 0 Å². The molecule has 0 unspecified atom stereocenters. The van der Waals surface area contributed by atoms with Gasteiger partial charge in [-0.05, 0) is 52.0 Å². The fraction of sp³-hybridized carbons (Fsp3) is 0.391. The van der Waals surface area contributed by atoms with Gasteiger partial charge >= 0.3 is 0 Å². The molecule has 0 spiro atoms. The highest BCUT2D eigenvalue weighted by molar-refractivity contribution is 7.86. The van der Waals surface area contributed by atoms with Crippen molar-refractivity contribution in [3.05, 3.63) is 78.2 Å². The van der Waals surface area contributed by atoms with E-state index in [0.717, 1.165) is 11.1 Å². The number of hydrogen-bond donors (Lipinski definition) is 1. The Balaban J connectivity index is 2.23. The Labute approximate surface area is 180 Å². The van der Waals surface area contributed by atoms with E-state index in [1.807, 2.05) is 58.0 Å². The van der Waals surface area contributed by atoms with Gasteiger partial charge in [-0.2, -0.15) is 8.42 Å². The van der Waals surface area contributed by atoms with Crippen LogP contribution in [0.25, 0.3) is 0 Å². The summed E-state index contributed by atoms with van der Waals surface area (Å²) >= 11 is 0. The first-order chi connectivity index (χ1) is 14.0. The van der Waals surface area contributed by atoms with Crippen molar-refractivity contribution in [1.29, 1.82) is 0 Å². The molecule has 0 heterocycles. The van der Waals surface area contributed by atoms with Crippen molar-refractivity contribution in [2.24, 2.45) is 0 Å². The van der Waals surface area contributed by atoms with Gasteiger partial charge in [0.1, 0.15) is 11.7 Å². The smallest absolute Gasteiger partial charge is 0.297 e. The highest BCUT2D eigenvalue weighted by atomic mass is 32.2. The number of benzene rings is 2. The molecule has 1 N–H and O–H groups in total. The summed E-state index contributed by atoms with van der Waals surface area (Å²) < 4.78 is 42.2. The molecule has 0 amide bonds. The van der Waals surface area contributed by atoms with Gasteiger partial charge in [-0.15, -0.1) is 0 Å². The Morgan fingerprint density at radius 1 is 1.07 bits per heavy atom. The van der Waals surface area contributed by atoms with E-state index in [1.54, 1.807) is 19.2 Å². The quantitative estimate of drug-likeness (QED) is 0.444. The Kier molecular flexibility index (Phi) is 8.06. The van der Waals surface area contributed by atoms with Crippen LogP contribution in [0.15, 0.2) is 72.0 Å².